The van der Waals surface area contributed by atoms with E-state index in [4.69, 9.17) is 15.2 Å². The molecule has 0 saturated carbocycles. The summed E-state index contributed by atoms with van der Waals surface area (Å²) in [5.74, 6) is -0.848. The third-order valence-corrected chi connectivity index (χ3v) is 5.89. The maximum absolute atomic E-state index is 14.0. The fraction of sp³-hybridized carbons (Fsp3) is 0.667. The average molecular weight is 524 g/mol. The van der Waals surface area contributed by atoms with E-state index >= 15 is 0 Å². The van der Waals surface area contributed by atoms with Gasteiger partial charge < -0.3 is 25.0 Å². The molecule has 0 aromatic heterocycles. The molecule has 2 rings (SSSR count). The summed E-state index contributed by atoms with van der Waals surface area (Å²) in [5.41, 5.74) is 3.48. The number of nitrogens with two attached hydrogens (primary N) is 1. The van der Waals surface area contributed by atoms with Gasteiger partial charge in [0.15, 0.2) is 5.60 Å². The minimum atomic E-state index is -4.70. The lowest BCUT2D eigenvalue weighted by atomic mass is 9.97. The number of nitrogens with zero attached hydrogens (tertiary/aromatic N) is 2. The molecule has 35 heavy (non-hydrogen) atoms. The normalized spacial score (nSPS) is 15.9. The second-order valence-electron chi connectivity index (χ2n) is 9.40. The first-order chi connectivity index (χ1) is 15.7. The van der Waals surface area contributed by atoms with Crippen LogP contribution in [0, 0.1) is 0 Å². The van der Waals surface area contributed by atoms with Crippen LogP contribution in [-0.2, 0) is 26.9 Å². The second-order valence-corrected chi connectivity index (χ2v) is 9.40. The summed E-state index contributed by atoms with van der Waals surface area (Å²) in [7, 11) is 1.58. The number of halogens is 4. The summed E-state index contributed by atoms with van der Waals surface area (Å²) in [6.07, 6.45) is -3.90. The van der Waals surface area contributed by atoms with Crippen molar-refractivity contribution in [1.29, 1.82) is 0 Å². The van der Waals surface area contributed by atoms with Crippen LogP contribution in [0.2, 0.25) is 0 Å². The van der Waals surface area contributed by atoms with Crippen molar-refractivity contribution >= 4 is 29.9 Å². The van der Waals surface area contributed by atoms with Crippen LogP contribution in [0.5, 0.6) is 5.75 Å². The number of rotatable bonds is 10. The van der Waals surface area contributed by atoms with E-state index in [0.29, 0.717) is 26.0 Å². The third-order valence-electron chi connectivity index (χ3n) is 5.89. The molecule has 2 N–H and O–H groups in total. The van der Waals surface area contributed by atoms with E-state index in [1.165, 1.54) is 29.7 Å². The minimum Gasteiger partial charge on any atom is -0.476 e. The molecule has 0 aliphatic carbocycles. The van der Waals surface area contributed by atoms with Gasteiger partial charge >= 0.3 is 6.18 Å². The molecule has 0 fully saturated rings. The number of methoxy groups -OCH3 is 1. The smallest absolute Gasteiger partial charge is 0.416 e. The van der Waals surface area contributed by atoms with Crippen molar-refractivity contribution in [3.63, 3.8) is 0 Å². The van der Waals surface area contributed by atoms with E-state index in [1.54, 1.807) is 27.9 Å². The Balaban J connectivity index is 0.00000612. The highest BCUT2D eigenvalue weighted by molar-refractivity contribution is 6.02. The molecule has 0 bridgehead atoms. The van der Waals surface area contributed by atoms with Gasteiger partial charge in [0.25, 0.3) is 5.91 Å². The zero-order chi connectivity index (χ0) is 25.8. The molecular formula is C24H37ClF3N3O4. The Hall–Kier alpha value is -2.04. The molecule has 0 radical (unpaired) electrons. The van der Waals surface area contributed by atoms with Gasteiger partial charge in [-0.1, -0.05) is 0 Å². The Bertz CT molecular complexity index is 894. The summed E-state index contributed by atoms with van der Waals surface area (Å²) >= 11 is 0. The predicted molar refractivity (Wildman–Crippen MR) is 131 cm³/mol. The zero-order valence-electron chi connectivity index (χ0n) is 21.2. The van der Waals surface area contributed by atoms with E-state index in [2.05, 4.69) is 0 Å². The number of alkyl halides is 3. The van der Waals surface area contributed by atoms with Gasteiger partial charge in [-0.25, -0.2) is 0 Å². The van der Waals surface area contributed by atoms with E-state index in [-0.39, 0.29) is 53.9 Å². The number of anilines is 1. The molecule has 11 heteroatoms. The number of carbonyl (C=O) groups excluding carboxylic acids is 2. The van der Waals surface area contributed by atoms with Crippen molar-refractivity contribution in [2.24, 2.45) is 5.73 Å². The van der Waals surface area contributed by atoms with Crippen molar-refractivity contribution in [2.75, 3.05) is 31.7 Å². The summed E-state index contributed by atoms with van der Waals surface area (Å²) in [4.78, 5) is 29.1. The van der Waals surface area contributed by atoms with Crippen LogP contribution in [0.4, 0.5) is 18.9 Å². The summed E-state index contributed by atoms with van der Waals surface area (Å²) < 4.78 is 52.8. The molecule has 0 spiro atoms. The van der Waals surface area contributed by atoms with Gasteiger partial charge in [-0.2, -0.15) is 13.2 Å². The Morgan fingerprint density at radius 1 is 1.23 bits per heavy atom. The van der Waals surface area contributed by atoms with E-state index in [9.17, 15) is 22.8 Å². The van der Waals surface area contributed by atoms with Crippen LogP contribution >= 0.6 is 12.4 Å². The molecule has 2 amide bonds. The number of benzene rings is 1. The topological polar surface area (TPSA) is 85.1 Å². The van der Waals surface area contributed by atoms with Gasteiger partial charge in [-0.3, -0.25) is 9.59 Å². The molecule has 7 nitrogen and oxygen atoms in total. The first kappa shape index (κ1) is 31.0. The SMILES string of the molecule is COCCCCN1C(=O)C(C)(C)Oc2cc(C(F)(F)F)c(CC(=O)N(C(C)C)[C@H](C)CN)cc21.Cl. The summed E-state index contributed by atoms with van der Waals surface area (Å²) in [5, 5.41) is 0. The molecule has 1 aromatic carbocycles. The van der Waals surface area contributed by atoms with E-state index in [0.717, 1.165) is 6.07 Å². The number of amides is 2. The monoisotopic (exact) mass is 523 g/mol. The van der Waals surface area contributed by atoms with Crippen LogP contribution in [0.3, 0.4) is 0 Å². The third kappa shape index (κ3) is 7.24. The van der Waals surface area contributed by atoms with Crippen LogP contribution in [-0.4, -0.2) is 61.2 Å². The fourth-order valence-corrected chi connectivity index (χ4v) is 4.22. The first-order valence-corrected chi connectivity index (χ1v) is 11.5. The van der Waals surface area contributed by atoms with Crippen LogP contribution in [0.15, 0.2) is 12.1 Å². The standard InChI is InChI=1S/C24H36F3N3O4.ClH/c1-15(2)30(16(3)14-28)21(31)12-17-11-19-20(13-18(17)24(25,26)27)34-23(4,5)22(32)29(19)9-7-8-10-33-6;/h11,13,15-16H,7-10,12,14,28H2,1-6H3;1H/t16-;/m1./s1. The second kappa shape index (κ2) is 12.3. The molecule has 200 valence electrons. The van der Waals surface area contributed by atoms with E-state index < -0.39 is 29.7 Å². The molecule has 1 aromatic rings. The van der Waals surface area contributed by atoms with Crippen LogP contribution < -0.4 is 15.4 Å². The zero-order valence-corrected chi connectivity index (χ0v) is 22.0. The van der Waals surface area contributed by atoms with Crippen LogP contribution in [0.1, 0.15) is 58.6 Å². The van der Waals surface area contributed by atoms with Gasteiger partial charge in [0.1, 0.15) is 5.75 Å². The Morgan fingerprint density at radius 2 is 1.86 bits per heavy atom. The van der Waals surface area contributed by atoms with Gasteiger partial charge in [-0.05, 0) is 65.2 Å². The number of carbonyl (C=O) groups is 2. The number of fused-ring (bicyclic) bond motifs is 1. The summed E-state index contributed by atoms with van der Waals surface area (Å²) in [6, 6.07) is 1.61. The Morgan fingerprint density at radius 3 is 2.37 bits per heavy atom. The average Bonchev–Trinajstić information content (AvgIpc) is 2.72. The summed E-state index contributed by atoms with van der Waals surface area (Å²) in [6.45, 7) is 9.38. The minimum absolute atomic E-state index is 0. The largest absolute Gasteiger partial charge is 0.476 e. The molecule has 1 atom stereocenters. The first-order valence-electron chi connectivity index (χ1n) is 11.5. The van der Waals surface area contributed by atoms with Crippen molar-refractivity contribution < 1.29 is 32.2 Å². The van der Waals surface area contributed by atoms with E-state index in [1.807, 2.05) is 0 Å². The highest BCUT2D eigenvalue weighted by atomic mass is 35.5. The molecule has 1 aliphatic rings. The molecule has 1 heterocycles. The molecule has 1 aliphatic heterocycles. The van der Waals surface area contributed by atoms with Crippen LogP contribution in [0.25, 0.3) is 0 Å². The van der Waals surface area contributed by atoms with Crippen molar-refractivity contribution in [1.82, 2.24) is 4.90 Å². The fourth-order valence-electron chi connectivity index (χ4n) is 4.22. The molecule has 0 saturated heterocycles. The lowest BCUT2D eigenvalue weighted by Gasteiger charge is -2.39. The maximum atomic E-state index is 14.0. The highest BCUT2D eigenvalue weighted by Crippen LogP contribution is 2.44. The molecular weight excluding hydrogens is 487 g/mol. The number of hydrogen-bond acceptors (Lipinski definition) is 5. The van der Waals surface area contributed by atoms with Gasteiger partial charge in [-0.15, -0.1) is 12.4 Å². The number of unbranched alkanes of at least 4 members (excludes halogenated alkanes) is 1. The maximum Gasteiger partial charge on any atom is 0.416 e. The van der Waals surface area contributed by atoms with Crippen molar-refractivity contribution in [3.05, 3.63) is 23.3 Å². The Labute approximate surface area is 211 Å². The number of ether oxygens (including phenoxy) is 2. The Kier molecular flexibility index (Phi) is 10.9. The predicted octanol–water partition coefficient (Wildman–Crippen LogP) is 4.18. The van der Waals surface area contributed by atoms with Gasteiger partial charge in [0, 0.05) is 38.9 Å². The number of hydrogen-bond donors (Lipinski definition) is 1. The van der Waals surface area contributed by atoms with Gasteiger partial charge in [0.05, 0.1) is 17.7 Å². The lowest BCUT2D eigenvalue weighted by molar-refractivity contribution is -0.139. The van der Waals surface area contributed by atoms with Gasteiger partial charge in [0.2, 0.25) is 5.91 Å². The quantitative estimate of drug-likeness (QED) is 0.465. The highest BCUT2D eigenvalue weighted by Gasteiger charge is 2.43. The van der Waals surface area contributed by atoms with Crippen molar-refractivity contribution in [3.8, 4) is 5.75 Å². The lowest BCUT2D eigenvalue weighted by Crippen LogP contribution is -2.53. The molecule has 0 unspecified atom stereocenters. The van der Waals surface area contributed by atoms with Crippen molar-refractivity contribution in [2.45, 2.75) is 77.7 Å².